The van der Waals surface area contributed by atoms with E-state index < -0.39 is 6.23 Å². The highest BCUT2D eigenvalue weighted by Gasteiger charge is 2.24. The lowest BCUT2D eigenvalue weighted by Crippen LogP contribution is -2.40. The van der Waals surface area contributed by atoms with Gasteiger partial charge in [-0.2, -0.15) is 0 Å². The Kier molecular flexibility index (Phi) is 3.69. The number of benzene rings is 1. The standard InChI is InChI=1S/C14H20NO2/c1-10(2)11-3-5-13-12(9-11)4-6-14(17)15(13)7-8-16/h3-5,9-10,14,16-17H,6-8H2,1-2H3. The number of rotatable bonds is 3. The van der Waals surface area contributed by atoms with Crippen LogP contribution in [0.5, 0.6) is 0 Å². The van der Waals surface area contributed by atoms with Crippen LogP contribution in [0.25, 0.3) is 0 Å². The van der Waals surface area contributed by atoms with Gasteiger partial charge in [-0.05, 0) is 36.0 Å². The zero-order chi connectivity index (χ0) is 12.4. The molecule has 0 saturated heterocycles. The normalized spacial score (nSPS) is 19.6. The Labute approximate surface area is 103 Å². The molecule has 0 fully saturated rings. The zero-order valence-corrected chi connectivity index (χ0v) is 10.4. The van der Waals surface area contributed by atoms with Crippen molar-refractivity contribution < 1.29 is 10.2 Å². The highest BCUT2D eigenvalue weighted by atomic mass is 16.3. The number of nitrogens with zero attached hydrogens (tertiary/aromatic N) is 1. The lowest BCUT2D eigenvalue weighted by molar-refractivity contribution is 0.156. The second-order valence-electron chi connectivity index (χ2n) is 4.81. The molecule has 1 atom stereocenters. The number of hydrogen-bond donors (Lipinski definition) is 2. The molecular weight excluding hydrogens is 214 g/mol. The van der Waals surface area contributed by atoms with Gasteiger partial charge in [0.25, 0.3) is 0 Å². The lowest BCUT2D eigenvalue weighted by atomic mass is 9.94. The Morgan fingerprint density at radius 2 is 2.18 bits per heavy atom. The van der Waals surface area contributed by atoms with Crippen molar-refractivity contribution >= 4 is 5.69 Å². The van der Waals surface area contributed by atoms with Crippen molar-refractivity contribution in [3.63, 3.8) is 0 Å². The topological polar surface area (TPSA) is 43.7 Å². The summed E-state index contributed by atoms with van der Waals surface area (Å²) in [4.78, 5) is 1.86. The minimum atomic E-state index is -0.514. The summed E-state index contributed by atoms with van der Waals surface area (Å²) >= 11 is 0. The van der Waals surface area contributed by atoms with E-state index in [1.165, 1.54) is 5.56 Å². The maximum atomic E-state index is 9.91. The van der Waals surface area contributed by atoms with Gasteiger partial charge < -0.3 is 15.1 Å². The van der Waals surface area contributed by atoms with Crippen molar-refractivity contribution in [3.8, 4) is 0 Å². The third-order valence-corrected chi connectivity index (χ3v) is 3.28. The molecule has 0 bridgehead atoms. The molecule has 3 nitrogen and oxygen atoms in total. The van der Waals surface area contributed by atoms with Crippen molar-refractivity contribution in [1.82, 2.24) is 0 Å². The molecule has 1 aromatic carbocycles. The summed E-state index contributed by atoms with van der Waals surface area (Å²) < 4.78 is 0. The van der Waals surface area contributed by atoms with Gasteiger partial charge in [0.05, 0.1) is 6.61 Å². The van der Waals surface area contributed by atoms with Crippen molar-refractivity contribution in [2.45, 2.75) is 32.4 Å². The lowest BCUT2D eigenvalue weighted by Gasteiger charge is -2.35. The van der Waals surface area contributed by atoms with Gasteiger partial charge in [0.1, 0.15) is 6.23 Å². The van der Waals surface area contributed by atoms with Crippen molar-refractivity contribution in [3.05, 3.63) is 35.7 Å². The number of β-amino-alcohol motifs (C(OH)–C–C–N with tert-alkyl or cyclic N) is 1. The Morgan fingerprint density at radius 1 is 1.41 bits per heavy atom. The molecule has 17 heavy (non-hydrogen) atoms. The molecule has 1 aliphatic rings. The molecule has 1 aromatic rings. The van der Waals surface area contributed by atoms with Crippen molar-refractivity contribution in [1.29, 1.82) is 0 Å². The molecule has 3 heteroatoms. The van der Waals surface area contributed by atoms with E-state index >= 15 is 0 Å². The van der Waals surface area contributed by atoms with Crippen LogP contribution in [0.15, 0.2) is 18.2 Å². The van der Waals surface area contributed by atoms with Crippen LogP contribution in [-0.4, -0.2) is 29.6 Å². The molecule has 93 valence electrons. The van der Waals surface area contributed by atoms with E-state index in [-0.39, 0.29) is 6.61 Å². The van der Waals surface area contributed by atoms with E-state index in [1.54, 1.807) is 0 Å². The van der Waals surface area contributed by atoms with Gasteiger partial charge in [0.2, 0.25) is 0 Å². The molecule has 0 saturated carbocycles. The summed E-state index contributed by atoms with van der Waals surface area (Å²) in [7, 11) is 0. The molecule has 1 unspecified atom stereocenters. The Bertz CT molecular complexity index is 390. The number of anilines is 1. The fraction of sp³-hybridized carbons (Fsp3) is 0.500. The van der Waals surface area contributed by atoms with Gasteiger partial charge in [-0.15, -0.1) is 0 Å². The van der Waals surface area contributed by atoms with E-state index in [1.807, 2.05) is 11.0 Å². The van der Waals surface area contributed by atoms with Crippen molar-refractivity contribution in [2.75, 3.05) is 18.1 Å². The van der Waals surface area contributed by atoms with Gasteiger partial charge in [0.15, 0.2) is 0 Å². The maximum Gasteiger partial charge on any atom is 0.127 e. The predicted octanol–water partition coefficient (Wildman–Crippen LogP) is 1.88. The van der Waals surface area contributed by atoms with E-state index in [2.05, 4.69) is 32.4 Å². The third-order valence-electron chi connectivity index (χ3n) is 3.28. The molecule has 1 radical (unpaired) electrons. The first-order valence-corrected chi connectivity index (χ1v) is 6.16. The average molecular weight is 234 g/mol. The van der Waals surface area contributed by atoms with E-state index in [0.717, 1.165) is 11.3 Å². The number of aliphatic hydroxyl groups is 2. The van der Waals surface area contributed by atoms with Crippen LogP contribution < -0.4 is 4.90 Å². The van der Waals surface area contributed by atoms with Gasteiger partial charge in [-0.25, -0.2) is 0 Å². The largest absolute Gasteiger partial charge is 0.395 e. The van der Waals surface area contributed by atoms with E-state index in [4.69, 9.17) is 5.11 Å². The molecule has 1 aliphatic heterocycles. The van der Waals surface area contributed by atoms with Crippen LogP contribution in [0.1, 0.15) is 37.3 Å². The second-order valence-corrected chi connectivity index (χ2v) is 4.81. The van der Waals surface area contributed by atoms with Gasteiger partial charge in [-0.3, -0.25) is 0 Å². The molecular formula is C14H20NO2. The van der Waals surface area contributed by atoms with Crippen LogP contribution in [0.4, 0.5) is 5.69 Å². The van der Waals surface area contributed by atoms with Gasteiger partial charge >= 0.3 is 0 Å². The van der Waals surface area contributed by atoms with Crippen LogP contribution in [0.2, 0.25) is 0 Å². The number of aliphatic hydroxyl groups excluding tert-OH is 2. The first-order chi connectivity index (χ1) is 8.13. The van der Waals surface area contributed by atoms with Crippen LogP contribution >= 0.6 is 0 Å². The highest BCUT2D eigenvalue weighted by Crippen LogP contribution is 2.33. The smallest absolute Gasteiger partial charge is 0.127 e. The summed E-state index contributed by atoms with van der Waals surface area (Å²) in [6.45, 7) is 4.88. The van der Waals surface area contributed by atoms with E-state index in [9.17, 15) is 5.11 Å². The summed E-state index contributed by atoms with van der Waals surface area (Å²) in [5.41, 5.74) is 3.48. The summed E-state index contributed by atoms with van der Waals surface area (Å²) in [6, 6.07) is 6.31. The molecule has 0 amide bonds. The molecule has 2 rings (SSSR count). The molecule has 0 aromatic heterocycles. The van der Waals surface area contributed by atoms with Crippen molar-refractivity contribution in [2.24, 2.45) is 0 Å². The molecule has 1 heterocycles. The summed E-state index contributed by atoms with van der Waals surface area (Å²) in [5.74, 6) is 0.506. The molecule has 2 N–H and O–H groups in total. The fourth-order valence-corrected chi connectivity index (χ4v) is 2.25. The third kappa shape index (κ3) is 2.45. The highest BCUT2D eigenvalue weighted by molar-refractivity contribution is 5.60. The summed E-state index contributed by atoms with van der Waals surface area (Å²) in [5, 5.41) is 19.0. The van der Waals surface area contributed by atoms with Gasteiger partial charge in [-0.1, -0.05) is 26.0 Å². The average Bonchev–Trinajstić information content (AvgIpc) is 2.32. The number of hydrogen-bond acceptors (Lipinski definition) is 3. The maximum absolute atomic E-state index is 9.91. The van der Waals surface area contributed by atoms with Crippen LogP contribution in [0, 0.1) is 6.42 Å². The zero-order valence-electron chi connectivity index (χ0n) is 10.4. The first kappa shape index (κ1) is 12.4. The Balaban J connectivity index is 2.33. The quantitative estimate of drug-likeness (QED) is 0.839. The fourth-order valence-electron chi connectivity index (χ4n) is 2.25. The molecule has 0 aliphatic carbocycles. The van der Waals surface area contributed by atoms with Crippen LogP contribution in [0.3, 0.4) is 0 Å². The first-order valence-electron chi connectivity index (χ1n) is 6.16. The SMILES string of the molecule is CC(C)c1ccc2c(c1)[CH]CC(O)N2CCO. The van der Waals surface area contributed by atoms with E-state index in [0.29, 0.717) is 18.9 Å². The monoisotopic (exact) mass is 234 g/mol. The minimum absolute atomic E-state index is 0.0580. The Hall–Kier alpha value is -1.06. The van der Waals surface area contributed by atoms with Gasteiger partial charge in [0, 0.05) is 12.2 Å². The summed E-state index contributed by atoms with van der Waals surface area (Å²) in [6.07, 6.45) is 2.17. The van der Waals surface area contributed by atoms with Crippen LogP contribution in [-0.2, 0) is 0 Å². The Morgan fingerprint density at radius 3 is 2.82 bits per heavy atom. The minimum Gasteiger partial charge on any atom is -0.395 e. The number of fused-ring (bicyclic) bond motifs is 1. The molecule has 0 spiro atoms. The predicted molar refractivity (Wildman–Crippen MR) is 69.0 cm³/mol. The second kappa shape index (κ2) is 5.07.